The average Bonchev–Trinajstić information content (AvgIpc) is 2.26. The van der Waals surface area contributed by atoms with Gasteiger partial charge in [0, 0.05) is 18.6 Å². The highest BCUT2D eigenvalue weighted by atomic mass is 16.2. The van der Waals surface area contributed by atoms with Gasteiger partial charge in [0.1, 0.15) is 0 Å². The van der Waals surface area contributed by atoms with Crippen molar-refractivity contribution < 1.29 is 5.11 Å². The molecule has 0 spiro atoms. The molecule has 0 bridgehead atoms. The first-order valence-electron chi connectivity index (χ1n) is 4.99. The minimum absolute atomic E-state index is 0.195. The van der Waals surface area contributed by atoms with Crippen LogP contribution in [0.5, 0.6) is 0 Å². The Morgan fingerprint density at radius 1 is 1.13 bits per heavy atom. The zero-order valence-electron chi connectivity index (χ0n) is 8.88. The van der Waals surface area contributed by atoms with Gasteiger partial charge in [-0.2, -0.15) is 0 Å². The van der Waals surface area contributed by atoms with Crippen LogP contribution in [0, 0.1) is 30.6 Å². The van der Waals surface area contributed by atoms with Crippen LogP contribution < -0.4 is 0 Å². The Balaban J connectivity index is 2.50. The summed E-state index contributed by atoms with van der Waals surface area (Å²) in [6.45, 7) is 2.24. The van der Waals surface area contributed by atoms with E-state index < -0.39 is 0 Å². The summed E-state index contributed by atoms with van der Waals surface area (Å²) in [5.41, 5.74) is 2.21. The highest BCUT2D eigenvalue weighted by molar-refractivity contribution is 5.40. The number of hydrogen-bond acceptors (Lipinski definition) is 1. The molecular weight excluding hydrogens is 184 g/mol. The molecule has 0 aliphatic rings. The lowest BCUT2D eigenvalue weighted by molar-refractivity contribution is 0.290. The first kappa shape index (κ1) is 11.4. The van der Waals surface area contributed by atoms with E-state index in [0.29, 0.717) is 6.42 Å². The summed E-state index contributed by atoms with van der Waals surface area (Å²) in [4.78, 5) is 0. The Kier molecular flexibility index (Phi) is 5.09. The van der Waals surface area contributed by atoms with E-state index in [1.807, 2.05) is 31.2 Å². The summed E-state index contributed by atoms with van der Waals surface area (Å²) in [5.74, 6) is 11.4. The number of rotatable bonds is 2. The van der Waals surface area contributed by atoms with E-state index >= 15 is 0 Å². The van der Waals surface area contributed by atoms with Crippen LogP contribution in [-0.2, 0) is 0 Å². The number of hydrogen-bond donors (Lipinski definition) is 1. The predicted octanol–water partition coefficient (Wildman–Crippen LogP) is 2.12. The molecule has 0 saturated heterocycles. The molecule has 1 heteroatoms. The Hall–Kier alpha value is -1.70. The lowest BCUT2D eigenvalue weighted by Gasteiger charge is -1.90. The van der Waals surface area contributed by atoms with E-state index in [1.54, 1.807) is 0 Å². The monoisotopic (exact) mass is 198 g/mol. The molecule has 0 unspecified atom stereocenters. The van der Waals surface area contributed by atoms with Gasteiger partial charge in [-0.3, -0.25) is 0 Å². The number of aliphatic hydroxyl groups excluding tert-OH is 1. The van der Waals surface area contributed by atoms with Crippen molar-refractivity contribution in [2.24, 2.45) is 0 Å². The number of unbranched alkanes of at least 4 members (excludes halogenated alkanes) is 1. The first-order chi connectivity index (χ1) is 7.33. The third-order valence-electron chi connectivity index (χ3n) is 1.87. The van der Waals surface area contributed by atoms with Crippen LogP contribution in [0.25, 0.3) is 0 Å². The topological polar surface area (TPSA) is 20.2 Å². The first-order valence-corrected chi connectivity index (χ1v) is 4.99. The van der Waals surface area contributed by atoms with E-state index in [-0.39, 0.29) is 6.61 Å². The van der Waals surface area contributed by atoms with E-state index in [1.165, 1.54) is 5.56 Å². The fourth-order valence-electron chi connectivity index (χ4n) is 1.01. The molecule has 0 radical (unpaired) electrons. The van der Waals surface area contributed by atoms with Gasteiger partial charge in [-0.15, -0.1) is 0 Å². The van der Waals surface area contributed by atoms with Crippen LogP contribution in [-0.4, -0.2) is 11.7 Å². The fraction of sp³-hybridized carbons (Fsp3) is 0.286. The minimum Gasteiger partial charge on any atom is -0.396 e. The molecule has 0 aliphatic carbocycles. The van der Waals surface area contributed by atoms with Crippen LogP contribution >= 0.6 is 0 Å². The second-order valence-corrected chi connectivity index (χ2v) is 3.24. The Bertz CT molecular complexity index is 407. The Labute approximate surface area is 91.1 Å². The van der Waals surface area contributed by atoms with Gasteiger partial charge in [0.05, 0.1) is 0 Å². The molecule has 1 N–H and O–H groups in total. The third-order valence-corrected chi connectivity index (χ3v) is 1.87. The molecule has 1 aromatic carbocycles. The smallest absolute Gasteiger partial charge is 0.0440 e. The molecule has 0 aliphatic heterocycles. The van der Waals surface area contributed by atoms with Crippen LogP contribution in [0.4, 0.5) is 0 Å². The molecule has 0 saturated carbocycles. The predicted molar refractivity (Wildman–Crippen MR) is 62.2 cm³/mol. The van der Waals surface area contributed by atoms with Crippen LogP contribution in [0.15, 0.2) is 24.3 Å². The summed E-state index contributed by atoms with van der Waals surface area (Å²) >= 11 is 0. The van der Waals surface area contributed by atoms with Crippen LogP contribution in [0.1, 0.15) is 24.0 Å². The Morgan fingerprint density at radius 3 is 2.53 bits per heavy atom. The molecule has 1 nitrogen and oxygen atoms in total. The molecule has 0 amide bonds. The van der Waals surface area contributed by atoms with Crippen molar-refractivity contribution in [3.05, 3.63) is 35.4 Å². The maximum absolute atomic E-state index is 8.52. The van der Waals surface area contributed by atoms with Gasteiger partial charge in [0.2, 0.25) is 0 Å². The molecule has 15 heavy (non-hydrogen) atoms. The standard InChI is InChI=1S/C14H14O/c1-13-8-10-14(11-9-13)7-5-3-2-4-6-12-15/h8-11,15H,4,6,12H2,1H3. The van der Waals surface area contributed by atoms with Crippen molar-refractivity contribution >= 4 is 0 Å². The summed E-state index contributed by atoms with van der Waals surface area (Å²) in [6, 6.07) is 8.03. The summed E-state index contributed by atoms with van der Waals surface area (Å²) in [5, 5.41) is 8.52. The molecular formula is C14H14O. The summed E-state index contributed by atoms with van der Waals surface area (Å²) in [6.07, 6.45) is 1.43. The number of aryl methyl sites for hydroxylation is 1. The van der Waals surface area contributed by atoms with E-state index in [4.69, 9.17) is 5.11 Å². The molecule has 0 aromatic heterocycles. The van der Waals surface area contributed by atoms with Gasteiger partial charge in [0.15, 0.2) is 0 Å². The minimum atomic E-state index is 0.195. The highest BCUT2D eigenvalue weighted by Crippen LogP contribution is 2.00. The average molecular weight is 198 g/mol. The molecule has 1 aromatic rings. The molecule has 0 heterocycles. The zero-order chi connectivity index (χ0) is 10.9. The van der Waals surface area contributed by atoms with Gasteiger partial charge >= 0.3 is 0 Å². The Morgan fingerprint density at radius 2 is 1.87 bits per heavy atom. The largest absolute Gasteiger partial charge is 0.396 e. The maximum Gasteiger partial charge on any atom is 0.0440 e. The van der Waals surface area contributed by atoms with Crippen molar-refractivity contribution in [3.63, 3.8) is 0 Å². The molecule has 76 valence electrons. The molecule has 0 atom stereocenters. The summed E-state index contributed by atoms with van der Waals surface area (Å²) < 4.78 is 0. The van der Waals surface area contributed by atoms with Gasteiger partial charge < -0.3 is 5.11 Å². The lowest BCUT2D eigenvalue weighted by atomic mass is 10.2. The third kappa shape index (κ3) is 4.91. The van der Waals surface area contributed by atoms with E-state index in [9.17, 15) is 0 Å². The number of benzene rings is 1. The van der Waals surface area contributed by atoms with Gasteiger partial charge in [0.25, 0.3) is 0 Å². The van der Waals surface area contributed by atoms with Gasteiger partial charge in [-0.05, 0) is 37.3 Å². The highest BCUT2D eigenvalue weighted by Gasteiger charge is 1.84. The van der Waals surface area contributed by atoms with Crippen LogP contribution in [0.3, 0.4) is 0 Å². The second kappa shape index (κ2) is 6.71. The van der Waals surface area contributed by atoms with Crippen molar-refractivity contribution in [1.29, 1.82) is 0 Å². The fourth-order valence-corrected chi connectivity index (χ4v) is 1.01. The van der Waals surface area contributed by atoms with Crippen molar-refractivity contribution in [3.8, 4) is 23.7 Å². The normalized spacial score (nSPS) is 8.40. The SMILES string of the molecule is Cc1ccc(C#CC#CCCCO)cc1. The quantitative estimate of drug-likeness (QED) is 0.570. The van der Waals surface area contributed by atoms with E-state index in [2.05, 4.69) is 23.7 Å². The molecule has 0 fully saturated rings. The van der Waals surface area contributed by atoms with Crippen LogP contribution in [0.2, 0.25) is 0 Å². The molecule has 1 rings (SSSR count). The summed E-state index contributed by atoms with van der Waals surface area (Å²) in [7, 11) is 0. The lowest BCUT2D eigenvalue weighted by Crippen LogP contribution is -1.78. The van der Waals surface area contributed by atoms with Crippen molar-refractivity contribution in [1.82, 2.24) is 0 Å². The van der Waals surface area contributed by atoms with Crippen molar-refractivity contribution in [2.75, 3.05) is 6.61 Å². The van der Waals surface area contributed by atoms with Crippen molar-refractivity contribution in [2.45, 2.75) is 19.8 Å². The maximum atomic E-state index is 8.52. The number of aliphatic hydroxyl groups is 1. The van der Waals surface area contributed by atoms with Gasteiger partial charge in [-0.25, -0.2) is 0 Å². The van der Waals surface area contributed by atoms with Gasteiger partial charge in [-0.1, -0.05) is 29.5 Å². The van der Waals surface area contributed by atoms with E-state index in [0.717, 1.165) is 12.0 Å². The second-order valence-electron chi connectivity index (χ2n) is 3.24. The zero-order valence-corrected chi connectivity index (χ0v) is 8.88.